The van der Waals surface area contributed by atoms with Gasteiger partial charge < -0.3 is 9.84 Å². The number of nitro groups is 1. The number of nitro benzene ring substituents is 1. The number of fused-ring (bicyclic) bond motifs is 4. The summed E-state index contributed by atoms with van der Waals surface area (Å²) in [6.07, 6.45) is 2.35. The highest BCUT2D eigenvalue weighted by atomic mass is 16.6. The number of allylic oxidation sites excluding steroid dienone is 2. The van der Waals surface area contributed by atoms with E-state index in [0.717, 1.165) is 10.5 Å². The van der Waals surface area contributed by atoms with Crippen molar-refractivity contribution in [3.63, 3.8) is 0 Å². The lowest BCUT2D eigenvalue weighted by atomic mass is 9.51. The third-order valence-electron chi connectivity index (χ3n) is 10.1. The third-order valence-corrected chi connectivity index (χ3v) is 10.1. The van der Waals surface area contributed by atoms with E-state index in [0.29, 0.717) is 11.3 Å². The van der Waals surface area contributed by atoms with Crippen LogP contribution in [0.15, 0.2) is 84.4 Å². The molecule has 228 valence electrons. The van der Waals surface area contributed by atoms with E-state index in [-0.39, 0.29) is 47.5 Å². The number of para-hydroxylation sites is 1. The fourth-order valence-electron chi connectivity index (χ4n) is 8.08. The summed E-state index contributed by atoms with van der Waals surface area (Å²) in [6.45, 7) is 1.78. The van der Waals surface area contributed by atoms with Crippen LogP contribution in [0.5, 0.6) is 11.5 Å². The Morgan fingerprint density at radius 1 is 0.889 bits per heavy atom. The minimum atomic E-state index is -1.24. The number of benzene rings is 3. The topological polar surface area (TPSA) is 147 Å². The molecule has 7 rings (SSSR count). The fraction of sp³-hybridized carbons (Fsp3) is 0.294. The van der Waals surface area contributed by atoms with Gasteiger partial charge in [0.1, 0.15) is 0 Å². The number of hydrogen-bond acceptors (Lipinski definition) is 8. The van der Waals surface area contributed by atoms with Gasteiger partial charge in [-0.3, -0.25) is 34.2 Å². The summed E-state index contributed by atoms with van der Waals surface area (Å²) < 4.78 is 5.26. The smallest absolute Gasteiger partial charge is 0.269 e. The molecule has 4 amide bonds. The van der Waals surface area contributed by atoms with Crippen LogP contribution in [0.4, 0.5) is 17.1 Å². The normalized spacial score (nSPS) is 28.8. The maximum Gasteiger partial charge on any atom is 0.269 e. The minimum absolute atomic E-state index is 0.125. The van der Waals surface area contributed by atoms with Crippen molar-refractivity contribution in [1.82, 2.24) is 0 Å². The Bertz CT molecular complexity index is 1820. The van der Waals surface area contributed by atoms with Crippen molar-refractivity contribution < 1.29 is 33.9 Å². The molecule has 4 aliphatic rings. The fourth-order valence-corrected chi connectivity index (χ4v) is 8.08. The summed E-state index contributed by atoms with van der Waals surface area (Å²) in [5.41, 5.74) is 0.658. The number of methoxy groups -OCH3 is 1. The highest BCUT2D eigenvalue weighted by Crippen LogP contribution is 2.64. The Balaban J connectivity index is 1.35. The second-order valence-corrected chi connectivity index (χ2v) is 12.2. The summed E-state index contributed by atoms with van der Waals surface area (Å²) in [6, 6.07) is 18.9. The van der Waals surface area contributed by atoms with Gasteiger partial charge in [0.25, 0.3) is 5.69 Å². The second-order valence-electron chi connectivity index (χ2n) is 12.2. The van der Waals surface area contributed by atoms with Crippen LogP contribution in [0.2, 0.25) is 0 Å². The number of imide groups is 2. The molecular weight excluding hydrogens is 578 g/mol. The van der Waals surface area contributed by atoms with E-state index in [2.05, 4.69) is 0 Å². The molecular formula is C34H29N3O8. The first-order valence-electron chi connectivity index (χ1n) is 14.7. The maximum atomic E-state index is 14.4. The number of phenols is 1. The van der Waals surface area contributed by atoms with Gasteiger partial charge >= 0.3 is 0 Å². The van der Waals surface area contributed by atoms with Crippen molar-refractivity contribution in [2.75, 3.05) is 16.9 Å². The van der Waals surface area contributed by atoms with Gasteiger partial charge in [0.05, 0.1) is 46.6 Å². The summed E-state index contributed by atoms with van der Waals surface area (Å²) in [5, 5.41) is 22.0. The van der Waals surface area contributed by atoms with Crippen molar-refractivity contribution in [3.8, 4) is 11.5 Å². The van der Waals surface area contributed by atoms with Gasteiger partial charge in [-0.05, 0) is 67.6 Å². The van der Waals surface area contributed by atoms with Crippen molar-refractivity contribution in [2.45, 2.75) is 25.7 Å². The van der Waals surface area contributed by atoms with Gasteiger partial charge in [-0.25, -0.2) is 4.90 Å². The molecule has 11 heteroatoms. The van der Waals surface area contributed by atoms with E-state index in [1.54, 1.807) is 49.4 Å². The molecule has 2 aliphatic carbocycles. The quantitative estimate of drug-likeness (QED) is 0.189. The lowest BCUT2D eigenvalue weighted by molar-refractivity contribution is -0.384. The molecule has 0 radical (unpaired) electrons. The van der Waals surface area contributed by atoms with Gasteiger partial charge in [-0.15, -0.1) is 0 Å². The lowest BCUT2D eigenvalue weighted by Crippen LogP contribution is -2.48. The van der Waals surface area contributed by atoms with Crippen LogP contribution in [0.25, 0.3) is 0 Å². The first kappa shape index (κ1) is 28.5. The van der Waals surface area contributed by atoms with Crippen molar-refractivity contribution in [3.05, 3.63) is 100 Å². The maximum absolute atomic E-state index is 14.4. The average Bonchev–Trinajstić information content (AvgIpc) is 3.40. The van der Waals surface area contributed by atoms with Gasteiger partial charge in [0.15, 0.2) is 11.5 Å². The largest absolute Gasteiger partial charge is 0.504 e. The number of phenolic OH excluding ortho intramolecular Hbond substituents is 1. The Morgan fingerprint density at radius 2 is 1.58 bits per heavy atom. The van der Waals surface area contributed by atoms with Crippen LogP contribution in [0, 0.1) is 39.2 Å². The number of hydrogen-bond donors (Lipinski definition) is 1. The number of ether oxygens (including phenoxy) is 1. The number of non-ortho nitro benzene ring substituents is 1. The Hall–Kier alpha value is -5.32. The van der Waals surface area contributed by atoms with Crippen molar-refractivity contribution >= 4 is 40.7 Å². The van der Waals surface area contributed by atoms with E-state index >= 15 is 0 Å². The van der Waals surface area contributed by atoms with Crippen LogP contribution in [0.3, 0.4) is 0 Å². The number of carbonyl (C=O) groups is 4. The molecule has 3 aromatic carbocycles. The van der Waals surface area contributed by atoms with Crippen LogP contribution < -0.4 is 14.5 Å². The molecule has 2 heterocycles. The average molecular weight is 608 g/mol. The zero-order chi connectivity index (χ0) is 31.8. The molecule has 3 aromatic rings. The summed E-state index contributed by atoms with van der Waals surface area (Å²) in [5.74, 6) is -4.96. The van der Waals surface area contributed by atoms with Crippen LogP contribution >= 0.6 is 0 Å². The number of amides is 4. The van der Waals surface area contributed by atoms with Crippen LogP contribution in [-0.2, 0) is 19.2 Å². The zero-order valence-corrected chi connectivity index (χ0v) is 24.5. The van der Waals surface area contributed by atoms with E-state index in [9.17, 15) is 34.4 Å². The number of anilines is 2. The molecule has 3 fully saturated rings. The molecule has 45 heavy (non-hydrogen) atoms. The van der Waals surface area contributed by atoms with E-state index < -0.39 is 51.7 Å². The van der Waals surface area contributed by atoms with Gasteiger partial charge in [0, 0.05) is 18.1 Å². The molecule has 0 bridgehead atoms. The summed E-state index contributed by atoms with van der Waals surface area (Å²) >= 11 is 0. The predicted octanol–water partition coefficient (Wildman–Crippen LogP) is 4.74. The molecule has 0 spiro atoms. The third kappa shape index (κ3) is 3.96. The number of nitrogens with zero attached hydrogens (tertiary/aromatic N) is 3. The zero-order valence-electron chi connectivity index (χ0n) is 24.5. The molecule has 2 aliphatic heterocycles. The number of rotatable bonds is 5. The lowest BCUT2D eigenvalue weighted by Gasteiger charge is -2.49. The van der Waals surface area contributed by atoms with Crippen LogP contribution in [-0.4, -0.2) is 40.8 Å². The molecule has 0 aromatic heterocycles. The number of carbonyl (C=O) groups excluding carboxylic acids is 4. The molecule has 6 atom stereocenters. The highest BCUT2D eigenvalue weighted by Gasteiger charge is 2.67. The predicted molar refractivity (Wildman–Crippen MR) is 161 cm³/mol. The Kier molecular flexibility index (Phi) is 6.40. The first-order chi connectivity index (χ1) is 21.6. The second kappa shape index (κ2) is 10.1. The minimum Gasteiger partial charge on any atom is -0.504 e. The Morgan fingerprint density at radius 3 is 2.22 bits per heavy atom. The van der Waals surface area contributed by atoms with Crippen molar-refractivity contribution in [1.29, 1.82) is 0 Å². The molecule has 2 saturated heterocycles. The standard InChI is InChI=1S/C34H29N3O8/c1-34-25(31(40)36(33(34)42)19-6-4-3-5-7-19)17-24-22(29(34)18-8-15-27(45-2)26(38)16-18)13-14-23-28(24)32(41)35(30(23)39)20-9-11-21(12-10-20)37(43)44/h3-13,15-16,23-25,28-29,38H,14,17H2,1-2H3. The summed E-state index contributed by atoms with van der Waals surface area (Å²) in [7, 11) is 1.43. The molecule has 1 N–H and O–H groups in total. The Labute approximate surface area is 257 Å². The SMILES string of the molecule is COc1ccc(C2C3=CCC4C(=O)N(c5ccc([N+](=O)[O-])cc5)C(=O)C4C3CC3C(=O)N(c4ccccc4)C(=O)C32C)cc1O. The van der Waals surface area contributed by atoms with Gasteiger partial charge in [0.2, 0.25) is 23.6 Å². The van der Waals surface area contributed by atoms with Crippen LogP contribution in [0.1, 0.15) is 31.2 Å². The van der Waals surface area contributed by atoms with Gasteiger partial charge in [-0.2, -0.15) is 0 Å². The molecule has 1 saturated carbocycles. The molecule has 6 unspecified atom stereocenters. The van der Waals surface area contributed by atoms with E-state index in [1.807, 2.05) is 6.08 Å². The van der Waals surface area contributed by atoms with Gasteiger partial charge in [-0.1, -0.05) is 35.9 Å². The monoisotopic (exact) mass is 607 g/mol. The first-order valence-corrected chi connectivity index (χ1v) is 14.7. The summed E-state index contributed by atoms with van der Waals surface area (Å²) in [4.78, 5) is 69.4. The highest BCUT2D eigenvalue weighted by molar-refractivity contribution is 6.25. The van der Waals surface area contributed by atoms with E-state index in [1.165, 1.54) is 42.3 Å². The number of aromatic hydroxyl groups is 1. The van der Waals surface area contributed by atoms with E-state index in [4.69, 9.17) is 4.74 Å². The van der Waals surface area contributed by atoms with Crippen molar-refractivity contribution in [2.24, 2.45) is 29.1 Å². The molecule has 11 nitrogen and oxygen atoms in total.